The first kappa shape index (κ1) is 37.9. The van der Waals surface area contributed by atoms with Crippen molar-refractivity contribution >= 4 is 13.6 Å². The van der Waals surface area contributed by atoms with E-state index in [2.05, 4.69) is 19.1 Å². The fraction of sp³-hybridized carbons (Fsp3) is 0.600. The second kappa shape index (κ2) is 34.3. The van der Waals surface area contributed by atoms with Gasteiger partial charge in [0.2, 0.25) is 0 Å². The third kappa shape index (κ3) is 27.6. The van der Waals surface area contributed by atoms with Crippen LogP contribution in [0, 0.1) is 6.92 Å². The molecule has 1 aliphatic rings. The Morgan fingerprint density at radius 3 is 2.19 bits per heavy atom. The molecular formula is C25H43KO5. The van der Waals surface area contributed by atoms with Crippen LogP contribution >= 0.6 is 0 Å². The second-order valence-corrected chi connectivity index (χ2v) is 6.21. The van der Waals surface area contributed by atoms with Crippen molar-refractivity contribution in [2.75, 3.05) is 19.8 Å². The molecule has 0 radical (unpaired) electrons. The summed E-state index contributed by atoms with van der Waals surface area (Å²) in [6, 6.07) is 8.18. The monoisotopic (exact) mass is 462 g/mol. The number of carbonyl (C=O) groups is 2. The van der Waals surface area contributed by atoms with Crippen LogP contribution in [0.1, 0.15) is 71.3 Å². The number of aryl methyl sites for hydroxylation is 1. The Kier molecular flexibility index (Phi) is 42.0. The molecule has 5 nitrogen and oxygen atoms in total. The van der Waals surface area contributed by atoms with Crippen molar-refractivity contribution in [2.45, 2.75) is 78.7 Å². The number of benzene rings is 1. The maximum Gasteiger partial charge on any atom is 1.00 e. The molecule has 1 aromatic rings. The van der Waals surface area contributed by atoms with Crippen LogP contribution in [0.5, 0.6) is 5.75 Å². The minimum absolute atomic E-state index is 0. The summed E-state index contributed by atoms with van der Waals surface area (Å²) in [5, 5.41) is 9.77. The maximum absolute atomic E-state index is 9.77. The van der Waals surface area contributed by atoms with E-state index in [1.807, 2.05) is 58.6 Å². The van der Waals surface area contributed by atoms with Crippen LogP contribution in [-0.2, 0) is 14.3 Å². The van der Waals surface area contributed by atoms with Gasteiger partial charge >= 0.3 is 51.4 Å². The Balaban J connectivity index is -0.000000221. The summed E-state index contributed by atoms with van der Waals surface area (Å²) in [5.41, 5.74) is 1.24. The van der Waals surface area contributed by atoms with Gasteiger partial charge in [0.05, 0.1) is 19.3 Å². The van der Waals surface area contributed by atoms with Gasteiger partial charge in [0, 0.05) is 6.42 Å². The Morgan fingerprint density at radius 2 is 1.68 bits per heavy atom. The van der Waals surface area contributed by atoms with Gasteiger partial charge < -0.3 is 24.2 Å². The SMILES string of the molecule is C/C=C\CCC[O-].C=O.C=O.CC.Cc1cccc(OCCCOC2CCCC2)c1.[K+]. The molecule has 1 aliphatic carbocycles. The van der Waals surface area contributed by atoms with Crippen LogP contribution in [-0.4, -0.2) is 39.5 Å². The number of hydrogen-bond donors (Lipinski definition) is 0. The van der Waals surface area contributed by atoms with Gasteiger partial charge in [-0.05, 0) is 50.8 Å². The molecule has 174 valence electrons. The first-order valence-electron chi connectivity index (χ1n) is 10.8. The molecule has 6 heteroatoms. The zero-order valence-electron chi connectivity index (χ0n) is 20.6. The second-order valence-electron chi connectivity index (χ2n) is 6.21. The van der Waals surface area contributed by atoms with E-state index in [0.717, 1.165) is 38.2 Å². The smallest absolute Gasteiger partial charge is 0.854 e. The molecule has 0 atom stereocenters. The quantitative estimate of drug-likeness (QED) is 0.319. The van der Waals surface area contributed by atoms with Crippen molar-refractivity contribution in [1.29, 1.82) is 0 Å². The third-order valence-electron chi connectivity index (χ3n) is 3.95. The molecular weight excluding hydrogens is 419 g/mol. The number of hydrogen-bond acceptors (Lipinski definition) is 5. The van der Waals surface area contributed by atoms with Crippen molar-refractivity contribution in [1.82, 2.24) is 0 Å². The van der Waals surface area contributed by atoms with Crippen LogP contribution in [0.15, 0.2) is 36.4 Å². The van der Waals surface area contributed by atoms with E-state index in [1.165, 1.54) is 31.2 Å². The van der Waals surface area contributed by atoms with E-state index in [1.54, 1.807) is 0 Å². The van der Waals surface area contributed by atoms with Crippen molar-refractivity contribution in [3.05, 3.63) is 42.0 Å². The average molecular weight is 463 g/mol. The summed E-state index contributed by atoms with van der Waals surface area (Å²) in [7, 11) is 0. The minimum Gasteiger partial charge on any atom is -0.854 e. The number of unbranched alkanes of at least 4 members (excludes halogenated alkanes) is 1. The van der Waals surface area contributed by atoms with Gasteiger partial charge in [-0.15, -0.1) is 6.61 Å². The Hall–Kier alpha value is -0.344. The van der Waals surface area contributed by atoms with E-state index in [4.69, 9.17) is 19.1 Å². The third-order valence-corrected chi connectivity index (χ3v) is 3.95. The number of ether oxygens (including phenoxy) is 2. The summed E-state index contributed by atoms with van der Waals surface area (Å²) in [6.45, 7) is 13.7. The summed E-state index contributed by atoms with van der Waals surface area (Å²) in [6.07, 6.45) is 12.4. The average Bonchev–Trinajstić information content (AvgIpc) is 3.32. The van der Waals surface area contributed by atoms with Crippen LogP contribution in [0.3, 0.4) is 0 Å². The van der Waals surface area contributed by atoms with Gasteiger partial charge in [-0.1, -0.05) is 57.4 Å². The van der Waals surface area contributed by atoms with Gasteiger partial charge in [-0.25, -0.2) is 0 Å². The number of carbonyl (C=O) groups excluding carboxylic acids is 2. The summed E-state index contributed by atoms with van der Waals surface area (Å²) < 4.78 is 11.5. The topological polar surface area (TPSA) is 75.7 Å². The first-order chi connectivity index (χ1) is 14.8. The molecule has 0 spiro atoms. The normalized spacial score (nSPS) is 11.8. The Labute approximate surface area is 233 Å². The molecule has 1 fully saturated rings. The van der Waals surface area contributed by atoms with E-state index < -0.39 is 0 Å². The first-order valence-corrected chi connectivity index (χ1v) is 10.8. The molecule has 1 saturated carbocycles. The molecule has 31 heavy (non-hydrogen) atoms. The minimum atomic E-state index is 0. The van der Waals surface area contributed by atoms with Gasteiger partial charge in [-0.3, -0.25) is 0 Å². The van der Waals surface area contributed by atoms with Crippen LogP contribution in [0.25, 0.3) is 0 Å². The number of rotatable bonds is 9. The predicted molar refractivity (Wildman–Crippen MR) is 124 cm³/mol. The van der Waals surface area contributed by atoms with Gasteiger partial charge in [0.25, 0.3) is 0 Å². The van der Waals surface area contributed by atoms with E-state index in [-0.39, 0.29) is 58.0 Å². The zero-order valence-corrected chi connectivity index (χ0v) is 23.7. The molecule has 0 unspecified atom stereocenters. The summed E-state index contributed by atoms with van der Waals surface area (Å²) >= 11 is 0. The van der Waals surface area contributed by atoms with Crippen LogP contribution in [0.2, 0.25) is 0 Å². The maximum atomic E-state index is 9.77. The molecule has 0 amide bonds. The van der Waals surface area contributed by atoms with Gasteiger partial charge in [-0.2, -0.15) is 0 Å². The molecule has 1 aromatic carbocycles. The van der Waals surface area contributed by atoms with Crippen molar-refractivity contribution in [3.8, 4) is 5.75 Å². The fourth-order valence-corrected chi connectivity index (χ4v) is 2.63. The zero-order chi connectivity index (χ0) is 23.5. The molecule has 0 N–H and O–H groups in total. The van der Waals surface area contributed by atoms with E-state index >= 15 is 0 Å². The molecule has 0 aromatic heterocycles. The van der Waals surface area contributed by atoms with Crippen molar-refractivity contribution in [3.63, 3.8) is 0 Å². The molecule has 0 aliphatic heterocycles. The molecule has 0 saturated heterocycles. The van der Waals surface area contributed by atoms with Gasteiger partial charge in [0.15, 0.2) is 0 Å². The largest absolute Gasteiger partial charge is 1.00 e. The van der Waals surface area contributed by atoms with Crippen LogP contribution in [0.4, 0.5) is 0 Å². The Morgan fingerprint density at radius 1 is 1.06 bits per heavy atom. The van der Waals surface area contributed by atoms with Crippen molar-refractivity contribution < 1.29 is 75.6 Å². The number of allylic oxidation sites excluding steroid dienone is 2. The van der Waals surface area contributed by atoms with Gasteiger partial charge in [0.1, 0.15) is 19.3 Å². The Bertz CT molecular complexity index is 475. The van der Waals surface area contributed by atoms with Crippen molar-refractivity contribution in [2.24, 2.45) is 0 Å². The predicted octanol–water partition coefficient (Wildman–Crippen LogP) is 2.09. The molecule has 0 bridgehead atoms. The summed E-state index contributed by atoms with van der Waals surface area (Å²) in [4.78, 5) is 16.0. The summed E-state index contributed by atoms with van der Waals surface area (Å²) in [5.74, 6) is 0.964. The molecule has 0 heterocycles. The van der Waals surface area contributed by atoms with E-state index in [0.29, 0.717) is 6.10 Å². The molecule has 2 rings (SSSR count). The fourth-order valence-electron chi connectivity index (χ4n) is 2.63. The van der Waals surface area contributed by atoms with Crippen LogP contribution < -0.4 is 61.2 Å². The van der Waals surface area contributed by atoms with E-state index in [9.17, 15) is 5.11 Å². The standard InChI is InChI=1S/C15H22O2.C6H11O.C2H6.2CH2O.K/c1-13-6-4-9-15(12-13)17-11-5-10-16-14-7-2-3-8-14;1-2-3-4-5-6-7;3*1-2;/h4,6,9,12,14H,2-3,5,7-8,10-11H2,1H3;2-3H,4-6H2,1H3;1-2H3;2*1H2;/q;-1;;;;+1/b;3-2-;;;;.